The molecule has 0 unspecified atom stereocenters. The van der Waals surface area contributed by atoms with Crippen LogP contribution in [0.1, 0.15) is 10.4 Å². The Kier molecular flexibility index (Phi) is 8.73. The second-order valence-electron chi connectivity index (χ2n) is 2.69. The molecule has 0 N–H and O–H groups in total. The molecule has 1 aromatic rings. The van der Waals surface area contributed by atoms with E-state index in [4.69, 9.17) is 0 Å². The molecular weight excluding hydrogens is 306 g/mol. The Hall–Kier alpha value is 0.710. The first-order valence-corrected chi connectivity index (χ1v) is 6.49. The monoisotopic (exact) mass is 310 g/mol. The summed E-state index contributed by atoms with van der Waals surface area (Å²) in [5.74, 6) is 0. The van der Waals surface area contributed by atoms with Gasteiger partial charge in [-0.1, -0.05) is 6.07 Å². The largest absolute Gasteiger partial charge is 1.00 e. The van der Waals surface area contributed by atoms with Crippen molar-refractivity contribution < 1.29 is 89.9 Å². The second kappa shape index (κ2) is 7.48. The molecular formula is C7H4Na2O7S2. The van der Waals surface area contributed by atoms with Gasteiger partial charge in [-0.05, 0) is 12.1 Å². The molecule has 88 valence electrons. The van der Waals surface area contributed by atoms with E-state index in [1.165, 1.54) is 0 Å². The van der Waals surface area contributed by atoms with Gasteiger partial charge in [0, 0.05) is 5.56 Å². The van der Waals surface area contributed by atoms with Crippen molar-refractivity contribution in [3.63, 3.8) is 0 Å². The predicted molar refractivity (Wildman–Crippen MR) is 47.8 cm³/mol. The minimum absolute atomic E-state index is 0. The van der Waals surface area contributed by atoms with Gasteiger partial charge in [-0.2, -0.15) is 0 Å². The summed E-state index contributed by atoms with van der Waals surface area (Å²) in [6, 6.07) is 2.39. The molecule has 7 nitrogen and oxygen atoms in total. The third-order valence-electron chi connectivity index (χ3n) is 1.68. The number of carbonyl (C=O) groups is 1. The zero-order valence-electron chi connectivity index (χ0n) is 9.48. The maximum Gasteiger partial charge on any atom is 1.00 e. The molecule has 11 heteroatoms. The first-order valence-electron chi connectivity index (χ1n) is 3.68. The van der Waals surface area contributed by atoms with Gasteiger partial charge in [0.15, 0.2) is 6.29 Å². The summed E-state index contributed by atoms with van der Waals surface area (Å²) < 4.78 is 64.1. The molecule has 0 aliphatic carbocycles. The summed E-state index contributed by atoms with van der Waals surface area (Å²) in [4.78, 5) is 8.48. The second-order valence-corrected chi connectivity index (χ2v) is 5.39. The minimum atomic E-state index is -5.01. The molecule has 0 saturated heterocycles. The van der Waals surface area contributed by atoms with Gasteiger partial charge in [0.1, 0.15) is 20.2 Å². The molecule has 0 spiro atoms. The van der Waals surface area contributed by atoms with Crippen LogP contribution in [0, 0.1) is 0 Å². The molecule has 0 bridgehead atoms. The van der Waals surface area contributed by atoms with E-state index in [9.17, 15) is 30.7 Å². The third kappa shape index (κ3) is 5.00. The number of benzene rings is 1. The number of carbonyl (C=O) groups excluding carboxylic acids is 1. The van der Waals surface area contributed by atoms with Crippen LogP contribution in [-0.4, -0.2) is 32.2 Å². The van der Waals surface area contributed by atoms with Gasteiger partial charge in [0.25, 0.3) is 0 Å². The van der Waals surface area contributed by atoms with E-state index in [1.54, 1.807) is 0 Å². The smallest absolute Gasteiger partial charge is 0.744 e. The normalized spacial score (nSPS) is 11.0. The Labute approximate surface area is 148 Å². The van der Waals surface area contributed by atoms with Crippen LogP contribution in [0.3, 0.4) is 0 Å². The van der Waals surface area contributed by atoms with E-state index in [2.05, 4.69) is 0 Å². The minimum Gasteiger partial charge on any atom is -0.744 e. The quantitative estimate of drug-likeness (QED) is 0.308. The zero-order chi connectivity index (χ0) is 12.6. The van der Waals surface area contributed by atoms with Gasteiger partial charge >= 0.3 is 59.1 Å². The molecule has 1 rings (SSSR count). The van der Waals surface area contributed by atoms with E-state index in [0.29, 0.717) is 0 Å². The molecule has 0 aliphatic rings. The number of rotatable bonds is 3. The number of aldehydes is 1. The van der Waals surface area contributed by atoms with Crippen molar-refractivity contribution in [2.75, 3.05) is 0 Å². The van der Waals surface area contributed by atoms with Crippen LogP contribution in [0.5, 0.6) is 0 Å². The number of hydrogen-bond acceptors (Lipinski definition) is 7. The van der Waals surface area contributed by atoms with E-state index >= 15 is 0 Å². The fraction of sp³-hybridized carbons (Fsp3) is 0. The summed E-state index contributed by atoms with van der Waals surface area (Å²) in [7, 11) is -10.0. The van der Waals surface area contributed by atoms with Crippen LogP contribution in [0.4, 0.5) is 0 Å². The zero-order valence-corrected chi connectivity index (χ0v) is 15.1. The van der Waals surface area contributed by atoms with Gasteiger partial charge in [0.05, 0.1) is 9.79 Å². The average molecular weight is 310 g/mol. The Bertz CT molecular complexity index is 586. The molecule has 0 aromatic heterocycles. The maximum atomic E-state index is 10.7. The molecule has 0 amide bonds. The van der Waals surface area contributed by atoms with Gasteiger partial charge < -0.3 is 9.11 Å². The van der Waals surface area contributed by atoms with Crippen LogP contribution >= 0.6 is 0 Å². The summed E-state index contributed by atoms with van der Waals surface area (Å²) >= 11 is 0. The van der Waals surface area contributed by atoms with Crippen LogP contribution in [0.15, 0.2) is 28.0 Å². The topological polar surface area (TPSA) is 131 Å². The molecule has 18 heavy (non-hydrogen) atoms. The van der Waals surface area contributed by atoms with E-state index in [-0.39, 0.29) is 65.4 Å². The van der Waals surface area contributed by atoms with Crippen LogP contribution in [0.25, 0.3) is 0 Å². The summed E-state index contributed by atoms with van der Waals surface area (Å²) in [6.45, 7) is 0. The van der Waals surface area contributed by atoms with Gasteiger partial charge in [-0.25, -0.2) is 16.8 Å². The van der Waals surface area contributed by atoms with E-state index in [1.807, 2.05) is 0 Å². The van der Waals surface area contributed by atoms with Gasteiger partial charge in [-0.3, -0.25) is 4.79 Å². The molecule has 0 saturated carbocycles. The number of hydrogen-bond donors (Lipinski definition) is 0. The van der Waals surface area contributed by atoms with E-state index in [0.717, 1.165) is 18.2 Å². The van der Waals surface area contributed by atoms with Crippen molar-refractivity contribution in [3.05, 3.63) is 23.8 Å². The Morgan fingerprint density at radius 3 is 1.44 bits per heavy atom. The standard InChI is InChI=1S/C7H6O7S2.2Na/c8-4-5-6(15(9,10)11)2-1-3-7(5)16(12,13)14;;/h1-4H,(H,9,10,11)(H,12,13,14);;/q;2*+1/p-2. The fourth-order valence-electron chi connectivity index (χ4n) is 1.08. The van der Waals surface area contributed by atoms with Crippen molar-refractivity contribution in [3.8, 4) is 0 Å². The van der Waals surface area contributed by atoms with Crippen molar-refractivity contribution >= 4 is 26.5 Å². The van der Waals surface area contributed by atoms with Gasteiger partial charge in [-0.15, -0.1) is 0 Å². The van der Waals surface area contributed by atoms with Crippen molar-refractivity contribution in [1.29, 1.82) is 0 Å². The molecule has 1 aromatic carbocycles. The fourth-order valence-corrected chi connectivity index (χ4v) is 2.49. The van der Waals surface area contributed by atoms with Crippen molar-refractivity contribution in [2.45, 2.75) is 9.79 Å². The van der Waals surface area contributed by atoms with Crippen molar-refractivity contribution in [2.24, 2.45) is 0 Å². The third-order valence-corrected chi connectivity index (χ3v) is 3.47. The summed E-state index contributed by atoms with van der Waals surface area (Å²) in [6.07, 6.45) is -0.157. The first-order chi connectivity index (χ1) is 7.18. The Morgan fingerprint density at radius 1 is 0.889 bits per heavy atom. The average Bonchev–Trinajstić information content (AvgIpc) is 2.13. The summed E-state index contributed by atoms with van der Waals surface area (Å²) in [5.41, 5.74) is -0.937. The summed E-state index contributed by atoms with van der Waals surface area (Å²) in [5, 5.41) is 0. The Balaban J connectivity index is 0. The molecule has 0 atom stereocenters. The maximum absolute atomic E-state index is 10.7. The molecule has 0 radical (unpaired) electrons. The van der Waals surface area contributed by atoms with Crippen LogP contribution in [-0.2, 0) is 20.2 Å². The SMILES string of the molecule is O=Cc1c(S(=O)(=O)[O-])cccc1S(=O)(=O)[O-].[Na+].[Na+]. The van der Waals surface area contributed by atoms with Crippen LogP contribution in [0.2, 0.25) is 0 Å². The molecule has 0 heterocycles. The predicted octanol–water partition coefficient (Wildman–Crippen LogP) is -6.68. The van der Waals surface area contributed by atoms with E-state index < -0.39 is 35.6 Å². The molecule has 0 fully saturated rings. The Morgan fingerprint density at radius 2 is 1.22 bits per heavy atom. The van der Waals surface area contributed by atoms with Gasteiger partial charge in [0.2, 0.25) is 0 Å². The molecule has 0 aliphatic heterocycles. The first kappa shape index (κ1) is 21.0. The van der Waals surface area contributed by atoms with Crippen LogP contribution < -0.4 is 59.1 Å². The van der Waals surface area contributed by atoms with Crippen molar-refractivity contribution in [1.82, 2.24) is 0 Å².